The van der Waals surface area contributed by atoms with Gasteiger partial charge in [0.2, 0.25) is 0 Å². The average Bonchev–Trinajstić information content (AvgIpc) is 2.72. The largest absolute Gasteiger partial charge is 0.356 e. The van der Waals surface area contributed by atoms with Crippen molar-refractivity contribution in [3.8, 4) is 22.3 Å². The van der Waals surface area contributed by atoms with Gasteiger partial charge in [-0.25, -0.2) is 0 Å². The molecule has 4 aromatic rings. The molecule has 4 aromatic carbocycles. The quantitative estimate of drug-likeness (QED) is 0.359. The van der Waals surface area contributed by atoms with E-state index in [4.69, 9.17) is 0 Å². The van der Waals surface area contributed by atoms with Crippen molar-refractivity contribution < 1.29 is 28.7 Å². The number of benzene rings is 4. The molecule has 0 bridgehead atoms. The van der Waals surface area contributed by atoms with Crippen LogP contribution in [0.15, 0.2) is 84.9 Å². The SMILES string of the molecule is O=P(O)(O)c1ccc(-c2ccc(-c3ccc(P(=O)(O)O)cc3)c3ccccc23)cc1. The molecule has 0 aliphatic rings. The van der Waals surface area contributed by atoms with E-state index in [1.165, 1.54) is 24.3 Å². The summed E-state index contributed by atoms with van der Waals surface area (Å²) < 4.78 is 22.9. The van der Waals surface area contributed by atoms with E-state index >= 15 is 0 Å². The van der Waals surface area contributed by atoms with Gasteiger partial charge in [0.15, 0.2) is 0 Å². The first kappa shape index (κ1) is 20.7. The van der Waals surface area contributed by atoms with Crippen LogP contribution in [0.3, 0.4) is 0 Å². The molecule has 6 nitrogen and oxygen atoms in total. The Morgan fingerprint density at radius 1 is 0.467 bits per heavy atom. The highest BCUT2D eigenvalue weighted by Crippen LogP contribution is 2.38. The van der Waals surface area contributed by atoms with Crippen LogP contribution in [0.5, 0.6) is 0 Å². The molecule has 4 N–H and O–H groups in total. The van der Waals surface area contributed by atoms with E-state index in [1.807, 2.05) is 36.4 Å². The number of hydrogen-bond donors (Lipinski definition) is 4. The van der Waals surface area contributed by atoms with Crippen LogP contribution in [-0.2, 0) is 9.13 Å². The van der Waals surface area contributed by atoms with E-state index in [9.17, 15) is 28.7 Å². The summed E-state index contributed by atoms with van der Waals surface area (Å²) in [5.41, 5.74) is 3.48. The second kappa shape index (κ2) is 7.60. The molecule has 0 atom stereocenters. The number of hydrogen-bond acceptors (Lipinski definition) is 2. The topological polar surface area (TPSA) is 115 Å². The smallest absolute Gasteiger partial charge is 0.321 e. The molecule has 0 spiro atoms. The van der Waals surface area contributed by atoms with Crippen LogP contribution in [0.2, 0.25) is 0 Å². The molecular weight excluding hydrogens is 422 g/mol. The van der Waals surface area contributed by atoms with Crippen LogP contribution in [0.4, 0.5) is 0 Å². The third kappa shape index (κ3) is 4.03. The fourth-order valence-electron chi connectivity index (χ4n) is 3.47. The standard InChI is InChI=1S/C22H18O6P2/c23-29(24,25)17-9-5-15(6-10-17)19-13-14-20(22-4-2-1-3-21(19)22)16-7-11-18(12-8-16)30(26,27)28/h1-14H,(H2,23,24,25)(H2,26,27,28). The molecular formula is C22H18O6P2. The zero-order chi connectivity index (χ0) is 21.5. The van der Waals surface area contributed by atoms with Gasteiger partial charge >= 0.3 is 15.2 Å². The van der Waals surface area contributed by atoms with E-state index in [1.54, 1.807) is 24.3 Å². The van der Waals surface area contributed by atoms with Gasteiger partial charge in [-0.2, -0.15) is 0 Å². The van der Waals surface area contributed by atoms with E-state index in [-0.39, 0.29) is 10.6 Å². The first-order valence-electron chi connectivity index (χ1n) is 8.99. The molecule has 0 radical (unpaired) electrons. The van der Waals surface area contributed by atoms with Gasteiger partial charge in [-0.3, -0.25) is 9.13 Å². The highest BCUT2D eigenvalue weighted by atomic mass is 31.2. The molecule has 0 fully saturated rings. The molecule has 0 unspecified atom stereocenters. The molecule has 0 aliphatic heterocycles. The van der Waals surface area contributed by atoms with E-state index in [2.05, 4.69) is 0 Å². The number of fused-ring (bicyclic) bond motifs is 1. The predicted octanol–water partition coefficient (Wildman–Crippen LogP) is 3.78. The molecule has 152 valence electrons. The molecule has 4 rings (SSSR count). The fourth-order valence-corrected chi connectivity index (χ4v) is 4.55. The van der Waals surface area contributed by atoms with Crippen LogP contribution in [0.25, 0.3) is 33.0 Å². The Kier molecular flexibility index (Phi) is 5.25. The zero-order valence-corrected chi connectivity index (χ0v) is 17.4. The van der Waals surface area contributed by atoms with Gasteiger partial charge in [0, 0.05) is 0 Å². The summed E-state index contributed by atoms with van der Waals surface area (Å²) in [4.78, 5) is 37.3. The van der Waals surface area contributed by atoms with Crippen molar-refractivity contribution >= 4 is 36.6 Å². The third-order valence-corrected chi connectivity index (χ3v) is 6.90. The van der Waals surface area contributed by atoms with Gasteiger partial charge < -0.3 is 19.6 Å². The van der Waals surface area contributed by atoms with Crippen LogP contribution >= 0.6 is 15.2 Å². The Balaban J connectivity index is 1.83. The molecule has 0 saturated carbocycles. The summed E-state index contributed by atoms with van der Waals surface area (Å²) in [6.45, 7) is 0. The second-order valence-electron chi connectivity index (χ2n) is 6.89. The van der Waals surface area contributed by atoms with Gasteiger partial charge in [0.05, 0.1) is 10.6 Å². The summed E-state index contributed by atoms with van der Waals surface area (Å²) in [6, 6.07) is 24.1. The molecule has 0 heterocycles. The van der Waals surface area contributed by atoms with Crippen molar-refractivity contribution in [3.05, 3.63) is 84.9 Å². The lowest BCUT2D eigenvalue weighted by Gasteiger charge is -2.13. The zero-order valence-electron chi connectivity index (χ0n) is 15.6. The number of rotatable bonds is 4. The lowest BCUT2D eigenvalue weighted by molar-refractivity contribution is 0.385. The predicted molar refractivity (Wildman–Crippen MR) is 118 cm³/mol. The lowest BCUT2D eigenvalue weighted by atomic mass is 9.92. The molecule has 0 aliphatic carbocycles. The van der Waals surface area contributed by atoms with Gasteiger partial charge in [0.1, 0.15) is 0 Å². The minimum atomic E-state index is -4.30. The molecule has 0 saturated heterocycles. The van der Waals surface area contributed by atoms with Crippen molar-refractivity contribution in [1.29, 1.82) is 0 Å². The molecule has 8 heteroatoms. The van der Waals surface area contributed by atoms with Crippen LogP contribution in [0, 0.1) is 0 Å². The lowest BCUT2D eigenvalue weighted by Crippen LogP contribution is -2.02. The van der Waals surface area contributed by atoms with Crippen LogP contribution in [0.1, 0.15) is 0 Å². The Morgan fingerprint density at radius 3 is 1.10 bits per heavy atom. The van der Waals surface area contributed by atoms with Crippen molar-refractivity contribution in [2.24, 2.45) is 0 Å². The third-order valence-electron chi connectivity index (χ3n) is 4.95. The van der Waals surface area contributed by atoms with E-state index in [0.717, 1.165) is 33.0 Å². The maximum atomic E-state index is 11.4. The second-order valence-corrected chi connectivity index (χ2v) is 10.1. The van der Waals surface area contributed by atoms with Crippen LogP contribution < -0.4 is 10.6 Å². The van der Waals surface area contributed by atoms with Crippen molar-refractivity contribution in [3.63, 3.8) is 0 Å². The Bertz CT molecular complexity index is 1210. The molecule has 0 aromatic heterocycles. The van der Waals surface area contributed by atoms with Crippen LogP contribution in [-0.4, -0.2) is 19.6 Å². The minimum Gasteiger partial charge on any atom is -0.321 e. The van der Waals surface area contributed by atoms with Gasteiger partial charge in [-0.1, -0.05) is 60.7 Å². The Hall–Kier alpha value is -2.56. The summed E-state index contributed by atoms with van der Waals surface area (Å²) >= 11 is 0. The van der Waals surface area contributed by atoms with E-state index in [0.29, 0.717) is 0 Å². The summed E-state index contributed by atoms with van der Waals surface area (Å²) in [7, 11) is -8.59. The maximum absolute atomic E-state index is 11.4. The minimum absolute atomic E-state index is 0.0303. The summed E-state index contributed by atoms with van der Waals surface area (Å²) in [5.74, 6) is 0. The highest BCUT2D eigenvalue weighted by molar-refractivity contribution is 7.60. The Labute approximate surface area is 172 Å². The van der Waals surface area contributed by atoms with Gasteiger partial charge in [0.25, 0.3) is 0 Å². The fraction of sp³-hybridized carbons (Fsp3) is 0. The van der Waals surface area contributed by atoms with Crippen molar-refractivity contribution in [2.45, 2.75) is 0 Å². The molecule has 0 amide bonds. The van der Waals surface area contributed by atoms with Crippen molar-refractivity contribution in [2.75, 3.05) is 0 Å². The summed E-state index contributed by atoms with van der Waals surface area (Å²) in [5, 5.41) is 1.85. The highest BCUT2D eigenvalue weighted by Gasteiger charge is 2.18. The van der Waals surface area contributed by atoms with Crippen molar-refractivity contribution in [1.82, 2.24) is 0 Å². The molecule has 30 heavy (non-hydrogen) atoms. The van der Waals surface area contributed by atoms with E-state index < -0.39 is 15.2 Å². The first-order chi connectivity index (χ1) is 14.1. The average molecular weight is 440 g/mol. The van der Waals surface area contributed by atoms with Gasteiger partial charge in [-0.15, -0.1) is 0 Å². The Morgan fingerprint density at radius 2 is 0.800 bits per heavy atom. The maximum Gasteiger partial charge on any atom is 0.356 e. The monoisotopic (exact) mass is 440 g/mol. The summed E-state index contributed by atoms with van der Waals surface area (Å²) in [6.07, 6.45) is 0. The first-order valence-corrected chi connectivity index (χ1v) is 12.2. The normalized spacial score (nSPS) is 12.3. The van der Waals surface area contributed by atoms with Gasteiger partial charge in [-0.05, 0) is 57.3 Å².